The zero-order valence-corrected chi connectivity index (χ0v) is 11.2. The Hall–Kier alpha value is -1.83. The highest BCUT2D eigenvalue weighted by Gasteiger charge is 2.16. The number of benzene rings is 1. The van der Waals surface area contributed by atoms with Gasteiger partial charge in [-0.25, -0.2) is 0 Å². The molecule has 1 aromatic carbocycles. The molecule has 1 aliphatic rings. The Bertz CT molecular complexity index is 607. The van der Waals surface area contributed by atoms with Crippen molar-refractivity contribution in [2.75, 3.05) is 0 Å². The average molecular weight is 254 g/mol. The number of hydrogen-bond donors (Lipinski definition) is 0. The Kier molecular flexibility index (Phi) is 3.24. The van der Waals surface area contributed by atoms with E-state index >= 15 is 0 Å². The fourth-order valence-electron chi connectivity index (χ4n) is 2.88. The van der Waals surface area contributed by atoms with Crippen LogP contribution in [0.4, 0.5) is 0 Å². The SMILES string of the molecule is CC(=O)Cc1ccc(-c2cccc3c2CCCC3)o1. The predicted octanol–water partition coefficient (Wildman–Crippen LogP) is 3.96. The monoisotopic (exact) mass is 254 g/mol. The lowest BCUT2D eigenvalue weighted by Gasteiger charge is -2.18. The van der Waals surface area contributed by atoms with Gasteiger partial charge in [0.2, 0.25) is 0 Å². The van der Waals surface area contributed by atoms with Crippen molar-refractivity contribution >= 4 is 5.78 Å². The summed E-state index contributed by atoms with van der Waals surface area (Å²) < 4.78 is 5.83. The molecule has 1 aromatic heterocycles. The van der Waals surface area contributed by atoms with Gasteiger partial charge in [-0.2, -0.15) is 0 Å². The largest absolute Gasteiger partial charge is 0.461 e. The number of Topliss-reactive ketones (excluding diaryl/α,β-unsaturated/α-hetero) is 1. The molecular formula is C17H18O2. The van der Waals surface area contributed by atoms with Gasteiger partial charge in [0.25, 0.3) is 0 Å². The minimum atomic E-state index is 0.135. The first-order valence-corrected chi connectivity index (χ1v) is 6.93. The summed E-state index contributed by atoms with van der Waals surface area (Å²) in [4.78, 5) is 11.1. The van der Waals surface area contributed by atoms with Gasteiger partial charge in [0, 0.05) is 5.56 Å². The summed E-state index contributed by atoms with van der Waals surface area (Å²) >= 11 is 0. The number of ketones is 1. The molecule has 0 atom stereocenters. The molecule has 0 saturated heterocycles. The van der Waals surface area contributed by atoms with E-state index in [1.54, 1.807) is 6.92 Å². The number of carbonyl (C=O) groups excluding carboxylic acids is 1. The highest BCUT2D eigenvalue weighted by molar-refractivity contribution is 5.77. The summed E-state index contributed by atoms with van der Waals surface area (Å²) in [6.45, 7) is 1.59. The molecule has 1 heterocycles. The maximum atomic E-state index is 11.1. The first kappa shape index (κ1) is 12.2. The maximum absolute atomic E-state index is 11.1. The van der Waals surface area contributed by atoms with Gasteiger partial charge >= 0.3 is 0 Å². The zero-order valence-electron chi connectivity index (χ0n) is 11.2. The minimum absolute atomic E-state index is 0.135. The zero-order chi connectivity index (χ0) is 13.2. The Morgan fingerprint density at radius 1 is 1.16 bits per heavy atom. The Balaban J connectivity index is 1.98. The van der Waals surface area contributed by atoms with Gasteiger partial charge < -0.3 is 4.42 Å². The van der Waals surface area contributed by atoms with E-state index in [0.29, 0.717) is 6.42 Å². The van der Waals surface area contributed by atoms with E-state index in [4.69, 9.17) is 4.42 Å². The summed E-state index contributed by atoms with van der Waals surface area (Å²) in [6.07, 6.45) is 5.22. The molecule has 19 heavy (non-hydrogen) atoms. The Morgan fingerprint density at radius 2 is 2.00 bits per heavy atom. The third kappa shape index (κ3) is 2.48. The van der Waals surface area contributed by atoms with Gasteiger partial charge in [-0.15, -0.1) is 0 Å². The second-order valence-electron chi connectivity index (χ2n) is 5.30. The molecule has 0 amide bonds. The highest BCUT2D eigenvalue weighted by atomic mass is 16.3. The summed E-state index contributed by atoms with van der Waals surface area (Å²) in [6, 6.07) is 10.4. The molecular weight excluding hydrogens is 236 g/mol. The molecule has 0 aliphatic heterocycles. The fourth-order valence-corrected chi connectivity index (χ4v) is 2.88. The van der Waals surface area contributed by atoms with Crippen LogP contribution in [-0.2, 0) is 24.1 Å². The van der Waals surface area contributed by atoms with Crippen molar-refractivity contribution in [2.24, 2.45) is 0 Å². The topological polar surface area (TPSA) is 30.2 Å². The lowest BCUT2D eigenvalue weighted by Crippen LogP contribution is -2.03. The van der Waals surface area contributed by atoms with Gasteiger partial charge in [0.05, 0.1) is 6.42 Å². The van der Waals surface area contributed by atoms with Crippen LogP contribution >= 0.6 is 0 Å². The lowest BCUT2D eigenvalue weighted by atomic mass is 9.87. The number of aryl methyl sites for hydroxylation is 1. The smallest absolute Gasteiger partial charge is 0.137 e. The second-order valence-corrected chi connectivity index (χ2v) is 5.30. The number of fused-ring (bicyclic) bond motifs is 1. The molecule has 0 unspecified atom stereocenters. The standard InChI is InChI=1S/C17H18O2/c1-12(18)11-14-9-10-17(19-14)16-8-4-6-13-5-2-3-7-15(13)16/h4,6,8-10H,2-3,5,7,11H2,1H3. The van der Waals surface area contributed by atoms with Crippen LogP contribution in [0.3, 0.4) is 0 Å². The highest BCUT2D eigenvalue weighted by Crippen LogP contribution is 2.32. The van der Waals surface area contributed by atoms with Crippen molar-refractivity contribution in [1.29, 1.82) is 0 Å². The molecule has 2 nitrogen and oxygen atoms in total. The number of furan rings is 1. The van der Waals surface area contributed by atoms with Gasteiger partial charge in [0.1, 0.15) is 17.3 Å². The molecule has 2 heteroatoms. The molecule has 1 aliphatic carbocycles. The molecule has 0 saturated carbocycles. The van der Waals surface area contributed by atoms with Crippen molar-refractivity contribution in [2.45, 2.75) is 39.0 Å². The van der Waals surface area contributed by atoms with E-state index in [1.165, 1.54) is 36.0 Å². The van der Waals surface area contributed by atoms with Crippen molar-refractivity contribution in [3.05, 3.63) is 47.2 Å². The van der Waals surface area contributed by atoms with Gasteiger partial charge in [-0.3, -0.25) is 4.79 Å². The third-order valence-electron chi connectivity index (χ3n) is 3.75. The first-order valence-electron chi connectivity index (χ1n) is 6.93. The average Bonchev–Trinajstić information content (AvgIpc) is 2.85. The quantitative estimate of drug-likeness (QED) is 0.830. The summed E-state index contributed by atoms with van der Waals surface area (Å²) in [5, 5.41) is 0. The van der Waals surface area contributed by atoms with E-state index < -0.39 is 0 Å². The van der Waals surface area contributed by atoms with Crippen LogP contribution < -0.4 is 0 Å². The number of carbonyl (C=O) groups is 1. The van der Waals surface area contributed by atoms with Crippen molar-refractivity contribution in [1.82, 2.24) is 0 Å². The molecule has 98 valence electrons. The summed E-state index contributed by atoms with van der Waals surface area (Å²) in [5.74, 6) is 1.79. The van der Waals surface area contributed by atoms with E-state index in [-0.39, 0.29) is 5.78 Å². The van der Waals surface area contributed by atoms with Crippen molar-refractivity contribution in [3.63, 3.8) is 0 Å². The van der Waals surface area contributed by atoms with E-state index in [1.807, 2.05) is 12.1 Å². The van der Waals surface area contributed by atoms with Crippen LogP contribution in [-0.4, -0.2) is 5.78 Å². The van der Waals surface area contributed by atoms with E-state index in [0.717, 1.165) is 17.9 Å². The fraction of sp³-hybridized carbons (Fsp3) is 0.353. The van der Waals surface area contributed by atoms with Crippen LogP contribution in [0.2, 0.25) is 0 Å². The van der Waals surface area contributed by atoms with E-state index in [2.05, 4.69) is 18.2 Å². The second kappa shape index (κ2) is 5.04. The molecule has 0 radical (unpaired) electrons. The number of hydrogen-bond acceptors (Lipinski definition) is 2. The number of rotatable bonds is 3. The van der Waals surface area contributed by atoms with Crippen molar-refractivity contribution < 1.29 is 9.21 Å². The van der Waals surface area contributed by atoms with Crippen LogP contribution in [0.25, 0.3) is 11.3 Å². The predicted molar refractivity (Wildman–Crippen MR) is 75.2 cm³/mol. The van der Waals surface area contributed by atoms with Crippen LogP contribution in [0.5, 0.6) is 0 Å². The van der Waals surface area contributed by atoms with Gasteiger partial charge in [-0.05, 0) is 55.9 Å². The van der Waals surface area contributed by atoms with Gasteiger partial charge in [-0.1, -0.05) is 18.2 Å². The van der Waals surface area contributed by atoms with Crippen molar-refractivity contribution in [3.8, 4) is 11.3 Å². The Morgan fingerprint density at radius 3 is 2.84 bits per heavy atom. The maximum Gasteiger partial charge on any atom is 0.137 e. The van der Waals surface area contributed by atoms with Crippen LogP contribution in [0.15, 0.2) is 34.7 Å². The normalized spacial score (nSPS) is 14.2. The molecule has 0 fully saturated rings. The molecule has 0 bridgehead atoms. The summed E-state index contributed by atoms with van der Waals surface area (Å²) in [7, 11) is 0. The first-order chi connectivity index (χ1) is 9.24. The minimum Gasteiger partial charge on any atom is -0.461 e. The lowest BCUT2D eigenvalue weighted by molar-refractivity contribution is -0.116. The molecule has 0 spiro atoms. The molecule has 2 aromatic rings. The van der Waals surface area contributed by atoms with Gasteiger partial charge in [0.15, 0.2) is 0 Å². The van der Waals surface area contributed by atoms with E-state index in [9.17, 15) is 4.79 Å². The molecule has 0 N–H and O–H groups in total. The Labute approximate surface area is 113 Å². The molecule has 3 rings (SSSR count). The van der Waals surface area contributed by atoms with Crippen LogP contribution in [0, 0.1) is 0 Å². The summed E-state index contributed by atoms with van der Waals surface area (Å²) in [5.41, 5.74) is 4.08. The third-order valence-corrected chi connectivity index (χ3v) is 3.75. The van der Waals surface area contributed by atoms with Crippen LogP contribution in [0.1, 0.15) is 36.7 Å².